The molecule has 0 spiro atoms. The Morgan fingerprint density at radius 2 is 2.07 bits per heavy atom. The second-order valence-corrected chi connectivity index (χ2v) is 4.41. The van der Waals surface area contributed by atoms with Gasteiger partial charge in [-0.1, -0.05) is 22.0 Å². The first-order valence-corrected chi connectivity index (χ1v) is 5.54. The quantitative estimate of drug-likeness (QED) is 0.732. The zero-order valence-electron chi connectivity index (χ0n) is 8.07. The van der Waals surface area contributed by atoms with Crippen LogP contribution in [0.2, 0.25) is 0 Å². The molecule has 0 aliphatic carbocycles. The van der Waals surface area contributed by atoms with Crippen LogP contribution in [0.15, 0.2) is 28.7 Å². The molecule has 4 heteroatoms. The van der Waals surface area contributed by atoms with Crippen LogP contribution in [0.4, 0.5) is 5.69 Å². The van der Waals surface area contributed by atoms with Crippen LogP contribution in [0.1, 0.15) is 12.8 Å². The Bertz CT molecular complexity index is 417. The topological polar surface area (TPSA) is 37.4 Å². The Morgan fingerprint density at radius 1 is 1.27 bits per heavy atom. The molecule has 1 aromatic rings. The smallest absolute Gasteiger partial charge is 0.234 e. The van der Waals surface area contributed by atoms with Crippen LogP contribution < -0.4 is 4.90 Å². The van der Waals surface area contributed by atoms with E-state index in [2.05, 4.69) is 15.9 Å². The van der Waals surface area contributed by atoms with Gasteiger partial charge >= 0.3 is 0 Å². The number of hydrogen-bond acceptors (Lipinski definition) is 2. The first kappa shape index (κ1) is 10.4. The van der Waals surface area contributed by atoms with Crippen molar-refractivity contribution in [3.63, 3.8) is 0 Å². The molecule has 0 bridgehead atoms. The second-order valence-electron chi connectivity index (χ2n) is 3.49. The van der Waals surface area contributed by atoms with E-state index in [0.29, 0.717) is 13.0 Å². The van der Waals surface area contributed by atoms with Crippen LogP contribution in [0.3, 0.4) is 0 Å². The number of benzene rings is 1. The van der Waals surface area contributed by atoms with E-state index in [1.54, 1.807) is 4.90 Å². The molecule has 0 atom stereocenters. The fraction of sp³-hybridized carbons (Fsp3) is 0.273. The molecule has 2 rings (SSSR count). The summed E-state index contributed by atoms with van der Waals surface area (Å²) in [6.07, 6.45) is 0.491. The minimum Gasteiger partial charge on any atom is -0.312 e. The summed E-state index contributed by atoms with van der Waals surface area (Å²) in [5.41, 5.74) is 0.849. The molecule has 0 aromatic heterocycles. The number of piperidine rings is 1. The lowest BCUT2D eigenvalue weighted by atomic mass is 10.1. The molecule has 0 N–H and O–H groups in total. The molecular weight excluding hydrogens is 258 g/mol. The van der Waals surface area contributed by atoms with Gasteiger partial charge in [-0.15, -0.1) is 0 Å². The molecule has 0 radical (unpaired) electrons. The number of hydrogen-bond donors (Lipinski definition) is 0. The molecule has 1 aromatic carbocycles. The molecule has 1 fully saturated rings. The number of halogens is 1. The summed E-state index contributed by atoms with van der Waals surface area (Å²) in [6, 6.07) is 7.54. The fourth-order valence-corrected chi connectivity index (χ4v) is 2.02. The number of rotatable bonds is 1. The maximum Gasteiger partial charge on any atom is 0.234 e. The van der Waals surface area contributed by atoms with Crippen molar-refractivity contribution in [2.75, 3.05) is 11.4 Å². The maximum atomic E-state index is 11.6. The monoisotopic (exact) mass is 267 g/mol. The van der Waals surface area contributed by atoms with Gasteiger partial charge in [0.1, 0.15) is 5.78 Å². The molecular formula is C11H10BrNO2. The SMILES string of the molecule is O=C1CCN(c2cccc(Br)c2)C(=O)C1. The average molecular weight is 268 g/mol. The normalized spacial score (nSPS) is 17.0. The average Bonchev–Trinajstić information content (AvgIpc) is 2.17. The number of nitrogens with zero attached hydrogens (tertiary/aromatic N) is 1. The summed E-state index contributed by atoms with van der Waals surface area (Å²) in [5, 5.41) is 0. The summed E-state index contributed by atoms with van der Waals surface area (Å²) >= 11 is 3.36. The molecule has 0 saturated carbocycles. The van der Waals surface area contributed by atoms with Gasteiger partial charge in [0.05, 0.1) is 6.42 Å². The van der Waals surface area contributed by atoms with Crippen LogP contribution in [0.5, 0.6) is 0 Å². The van der Waals surface area contributed by atoms with Crippen molar-refractivity contribution in [1.82, 2.24) is 0 Å². The molecule has 1 aliphatic rings. The maximum absolute atomic E-state index is 11.6. The molecule has 1 heterocycles. The van der Waals surface area contributed by atoms with Crippen LogP contribution >= 0.6 is 15.9 Å². The van der Waals surface area contributed by atoms with Crippen LogP contribution in [-0.4, -0.2) is 18.2 Å². The van der Waals surface area contributed by atoms with E-state index in [0.717, 1.165) is 10.2 Å². The van der Waals surface area contributed by atoms with Crippen molar-refractivity contribution in [3.8, 4) is 0 Å². The third-order valence-corrected chi connectivity index (χ3v) is 2.88. The Morgan fingerprint density at radius 3 is 2.73 bits per heavy atom. The lowest BCUT2D eigenvalue weighted by Gasteiger charge is -2.26. The summed E-state index contributed by atoms with van der Waals surface area (Å²) < 4.78 is 0.935. The standard InChI is InChI=1S/C11H10BrNO2/c12-8-2-1-3-9(6-8)13-5-4-10(14)7-11(13)15/h1-3,6H,4-5,7H2. The summed E-state index contributed by atoms with van der Waals surface area (Å²) in [6.45, 7) is 0.494. The van der Waals surface area contributed by atoms with Gasteiger partial charge < -0.3 is 4.90 Å². The number of anilines is 1. The van der Waals surface area contributed by atoms with E-state index < -0.39 is 0 Å². The number of carbonyl (C=O) groups is 2. The van der Waals surface area contributed by atoms with Gasteiger partial charge in [-0.05, 0) is 18.2 Å². The number of amides is 1. The summed E-state index contributed by atoms with van der Waals surface area (Å²) in [5.74, 6) is -0.0735. The van der Waals surface area contributed by atoms with Crippen LogP contribution in [-0.2, 0) is 9.59 Å². The second kappa shape index (κ2) is 4.14. The molecule has 15 heavy (non-hydrogen) atoms. The van der Waals surface area contributed by atoms with Crippen molar-refractivity contribution in [3.05, 3.63) is 28.7 Å². The predicted molar refractivity (Wildman–Crippen MR) is 60.7 cm³/mol. The van der Waals surface area contributed by atoms with E-state index >= 15 is 0 Å². The first-order chi connectivity index (χ1) is 7.16. The molecule has 1 amide bonds. The highest BCUT2D eigenvalue weighted by Crippen LogP contribution is 2.22. The summed E-state index contributed by atoms with van der Waals surface area (Å²) in [4.78, 5) is 24.3. The van der Waals surface area contributed by atoms with E-state index in [1.807, 2.05) is 24.3 Å². The fourth-order valence-electron chi connectivity index (χ4n) is 1.63. The Kier molecular flexibility index (Phi) is 2.86. The molecule has 78 valence electrons. The van der Waals surface area contributed by atoms with Crippen molar-refractivity contribution in [2.24, 2.45) is 0 Å². The summed E-state index contributed by atoms with van der Waals surface area (Å²) in [7, 11) is 0. The molecule has 1 saturated heterocycles. The zero-order chi connectivity index (χ0) is 10.8. The largest absolute Gasteiger partial charge is 0.312 e. The lowest BCUT2D eigenvalue weighted by molar-refractivity contribution is -0.128. The number of carbonyl (C=O) groups excluding carboxylic acids is 2. The molecule has 0 unspecified atom stereocenters. The highest BCUT2D eigenvalue weighted by Gasteiger charge is 2.24. The van der Waals surface area contributed by atoms with Crippen molar-refractivity contribution >= 4 is 33.3 Å². The number of ketones is 1. The highest BCUT2D eigenvalue weighted by molar-refractivity contribution is 9.10. The van der Waals surface area contributed by atoms with Crippen molar-refractivity contribution < 1.29 is 9.59 Å². The van der Waals surface area contributed by atoms with Crippen LogP contribution in [0, 0.1) is 0 Å². The molecule has 3 nitrogen and oxygen atoms in total. The minimum absolute atomic E-state index is 0.0336. The highest BCUT2D eigenvalue weighted by atomic mass is 79.9. The molecule has 1 aliphatic heterocycles. The van der Waals surface area contributed by atoms with Gasteiger partial charge in [-0.25, -0.2) is 0 Å². The van der Waals surface area contributed by atoms with E-state index in [4.69, 9.17) is 0 Å². The predicted octanol–water partition coefficient (Wildman–Crippen LogP) is 2.14. The first-order valence-electron chi connectivity index (χ1n) is 4.74. The van der Waals surface area contributed by atoms with Crippen molar-refractivity contribution in [2.45, 2.75) is 12.8 Å². The van der Waals surface area contributed by atoms with Gasteiger partial charge in [-0.3, -0.25) is 9.59 Å². The Labute approximate surface area is 96.2 Å². The zero-order valence-corrected chi connectivity index (χ0v) is 9.66. The van der Waals surface area contributed by atoms with Gasteiger partial charge in [-0.2, -0.15) is 0 Å². The van der Waals surface area contributed by atoms with Gasteiger partial charge in [0.2, 0.25) is 5.91 Å². The van der Waals surface area contributed by atoms with E-state index in [9.17, 15) is 9.59 Å². The lowest BCUT2D eigenvalue weighted by Crippen LogP contribution is -2.38. The Hall–Kier alpha value is -1.16. The third-order valence-electron chi connectivity index (χ3n) is 2.38. The van der Waals surface area contributed by atoms with E-state index in [-0.39, 0.29) is 18.1 Å². The minimum atomic E-state index is -0.107. The third kappa shape index (κ3) is 2.26. The van der Waals surface area contributed by atoms with Gasteiger partial charge in [0, 0.05) is 23.1 Å². The van der Waals surface area contributed by atoms with Crippen molar-refractivity contribution in [1.29, 1.82) is 0 Å². The van der Waals surface area contributed by atoms with E-state index in [1.165, 1.54) is 0 Å². The van der Waals surface area contributed by atoms with Gasteiger partial charge in [0.25, 0.3) is 0 Å². The van der Waals surface area contributed by atoms with Crippen LogP contribution in [0.25, 0.3) is 0 Å². The Balaban J connectivity index is 2.24. The van der Waals surface area contributed by atoms with Gasteiger partial charge in [0.15, 0.2) is 0 Å². The number of Topliss-reactive ketones (excluding diaryl/α,β-unsaturated/α-hetero) is 1.